The molecule has 2 rings (SSSR count). The predicted octanol–water partition coefficient (Wildman–Crippen LogP) is 6.41. The van der Waals surface area contributed by atoms with Crippen molar-refractivity contribution in [2.45, 2.75) is 58.3 Å². The van der Waals surface area contributed by atoms with Gasteiger partial charge in [0.25, 0.3) is 0 Å². The molecule has 0 unspecified atom stereocenters. The van der Waals surface area contributed by atoms with Gasteiger partial charge in [-0.15, -0.1) is 12.3 Å². The van der Waals surface area contributed by atoms with E-state index in [0.29, 0.717) is 25.0 Å². The number of terminal acetylenes is 1. The molecule has 0 heterocycles. The Kier molecular flexibility index (Phi) is 9.72. The van der Waals surface area contributed by atoms with Gasteiger partial charge in [0.2, 0.25) is 0 Å². The van der Waals surface area contributed by atoms with E-state index in [1.165, 1.54) is 25.7 Å². The Morgan fingerprint density at radius 2 is 1.46 bits per heavy atom. The van der Waals surface area contributed by atoms with Gasteiger partial charge >= 0.3 is 5.97 Å². The topological polar surface area (TPSA) is 35.5 Å². The molecule has 28 heavy (non-hydrogen) atoms. The van der Waals surface area contributed by atoms with Crippen molar-refractivity contribution in [1.29, 1.82) is 0 Å². The van der Waals surface area contributed by atoms with Crippen molar-refractivity contribution >= 4 is 5.97 Å². The monoisotopic (exact) mass is 378 g/mol. The summed E-state index contributed by atoms with van der Waals surface area (Å²) in [5, 5.41) is 0. The molecule has 0 atom stereocenters. The van der Waals surface area contributed by atoms with Crippen molar-refractivity contribution in [3.8, 4) is 35.0 Å². The van der Waals surface area contributed by atoms with Crippen LogP contribution in [0.5, 0.6) is 11.5 Å². The molecule has 0 saturated carbocycles. The molecule has 0 saturated heterocycles. The highest BCUT2D eigenvalue weighted by atomic mass is 16.5. The van der Waals surface area contributed by atoms with Crippen molar-refractivity contribution in [3.63, 3.8) is 0 Å². The summed E-state index contributed by atoms with van der Waals surface area (Å²) in [5.41, 5.74) is 2.17. The van der Waals surface area contributed by atoms with E-state index < -0.39 is 0 Å². The third-order valence-corrected chi connectivity index (χ3v) is 4.49. The van der Waals surface area contributed by atoms with Gasteiger partial charge in [-0.1, -0.05) is 56.9 Å². The number of rotatable bonds is 12. The average molecular weight is 379 g/mol. The zero-order chi connectivity index (χ0) is 20.0. The van der Waals surface area contributed by atoms with Crippen LogP contribution in [0.2, 0.25) is 0 Å². The highest BCUT2D eigenvalue weighted by Crippen LogP contribution is 2.25. The first-order chi connectivity index (χ1) is 13.7. The molecule has 0 radical (unpaired) electrons. The standard InChI is InChI=1S/C25H30O3/c1-3-5-7-8-10-20-27-23-16-12-21(13-17-23)22-14-18-24(19-15-22)28-25(26)11-9-6-4-2/h2,12-19H,3,5-11,20H2,1H3. The van der Waals surface area contributed by atoms with Crippen LogP contribution in [0.15, 0.2) is 48.5 Å². The molecule has 148 valence electrons. The highest BCUT2D eigenvalue weighted by molar-refractivity contribution is 5.73. The summed E-state index contributed by atoms with van der Waals surface area (Å²) in [7, 11) is 0. The third-order valence-electron chi connectivity index (χ3n) is 4.49. The summed E-state index contributed by atoms with van der Waals surface area (Å²) in [6, 6.07) is 15.6. The fraction of sp³-hybridized carbons (Fsp3) is 0.400. The number of esters is 1. The number of benzene rings is 2. The maximum absolute atomic E-state index is 11.7. The number of unbranched alkanes of at least 4 members (excludes halogenated alkanes) is 5. The van der Waals surface area contributed by atoms with Crippen LogP contribution in [0, 0.1) is 12.3 Å². The number of carbonyl (C=O) groups excluding carboxylic acids is 1. The molecule has 3 nitrogen and oxygen atoms in total. The molecule has 0 aliphatic carbocycles. The quantitative estimate of drug-likeness (QED) is 0.185. The molecule has 3 heteroatoms. The summed E-state index contributed by atoms with van der Waals surface area (Å²) >= 11 is 0. The van der Waals surface area contributed by atoms with Crippen LogP contribution < -0.4 is 9.47 Å². The van der Waals surface area contributed by atoms with Gasteiger partial charge in [0, 0.05) is 12.8 Å². The van der Waals surface area contributed by atoms with Crippen molar-refractivity contribution < 1.29 is 14.3 Å². The Hall–Kier alpha value is -2.73. The Labute approximate surface area is 169 Å². The molecule has 0 bridgehead atoms. The normalized spacial score (nSPS) is 10.3. The Morgan fingerprint density at radius 3 is 2.07 bits per heavy atom. The van der Waals surface area contributed by atoms with Crippen molar-refractivity contribution in [1.82, 2.24) is 0 Å². The zero-order valence-corrected chi connectivity index (χ0v) is 16.8. The Morgan fingerprint density at radius 1 is 0.857 bits per heavy atom. The van der Waals surface area contributed by atoms with E-state index in [1.807, 2.05) is 48.5 Å². The number of ether oxygens (including phenoxy) is 2. The van der Waals surface area contributed by atoms with E-state index in [0.717, 1.165) is 29.9 Å². The van der Waals surface area contributed by atoms with E-state index >= 15 is 0 Å². The van der Waals surface area contributed by atoms with E-state index in [9.17, 15) is 4.79 Å². The van der Waals surface area contributed by atoms with Gasteiger partial charge in [-0.05, 0) is 48.2 Å². The number of carbonyl (C=O) groups is 1. The lowest BCUT2D eigenvalue weighted by Crippen LogP contribution is -2.07. The van der Waals surface area contributed by atoms with E-state index in [4.69, 9.17) is 15.9 Å². The van der Waals surface area contributed by atoms with E-state index in [1.54, 1.807) is 0 Å². The lowest BCUT2D eigenvalue weighted by molar-refractivity contribution is -0.134. The molecule has 0 amide bonds. The maximum atomic E-state index is 11.7. The van der Waals surface area contributed by atoms with Crippen LogP contribution in [0.3, 0.4) is 0 Å². The van der Waals surface area contributed by atoms with Crippen molar-refractivity contribution in [3.05, 3.63) is 48.5 Å². The summed E-state index contributed by atoms with van der Waals surface area (Å²) in [5.74, 6) is 3.72. The first-order valence-electron chi connectivity index (χ1n) is 10.2. The third kappa shape index (κ3) is 7.88. The van der Waals surface area contributed by atoms with Crippen LogP contribution in [0.1, 0.15) is 58.3 Å². The van der Waals surface area contributed by atoms with E-state index in [2.05, 4.69) is 12.8 Å². The largest absolute Gasteiger partial charge is 0.494 e. The molecular weight excluding hydrogens is 348 g/mol. The van der Waals surface area contributed by atoms with Crippen molar-refractivity contribution in [2.75, 3.05) is 6.61 Å². The molecule has 0 fully saturated rings. The van der Waals surface area contributed by atoms with Gasteiger partial charge < -0.3 is 9.47 Å². The second-order valence-electron chi connectivity index (χ2n) is 6.84. The lowest BCUT2D eigenvalue weighted by atomic mass is 10.1. The van der Waals surface area contributed by atoms with Crippen LogP contribution in [0.4, 0.5) is 0 Å². The second kappa shape index (κ2) is 12.6. The van der Waals surface area contributed by atoms with Crippen LogP contribution in [-0.2, 0) is 4.79 Å². The molecule has 0 aliphatic rings. The molecule has 0 N–H and O–H groups in total. The van der Waals surface area contributed by atoms with E-state index in [-0.39, 0.29) is 5.97 Å². The summed E-state index contributed by atoms with van der Waals surface area (Å²) in [6.07, 6.45) is 13.0. The minimum Gasteiger partial charge on any atom is -0.494 e. The second-order valence-corrected chi connectivity index (χ2v) is 6.84. The van der Waals surface area contributed by atoms with Gasteiger partial charge in [-0.25, -0.2) is 0 Å². The number of hydrogen-bond donors (Lipinski definition) is 0. The van der Waals surface area contributed by atoms with Crippen LogP contribution >= 0.6 is 0 Å². The summed E-state index contributed by atoms with van der Waals surface area (Å²) in [4.78, 5) is 11.7. The summed E-state index contributed by atoms with van der Waals surface area (Å²) in [6.45, 7) is 2.99. The molecule has 2 aromatic carbocycles. The predicted molar refractivity (Wildman–Crippen MR) is 114 cm³/mol. The Bertz CT molecular complexity index is 739. The molecule has 2 aromatic rings. The van der Waals surface area contributed by atoms with Gasteiger partial charge in [0.15, 0.2) is 0 Å². The molecule has 0 aliphatic heterocycles. The van der Waals surface area contributed by atoms with Crippen LogP contribution in [-0.4, -0.2) is 12.6 Å². The first-order valence-corrected chi connectivity index (χ1v) is 10.2. The summed E-state index contributed by atoms with van der Waals surface area (Å²) < 4.78 is 11.1. The van der Waals surface area contributed by atoms with Gasteiger partial charge in [-0.2, -0.15) is 0 Å². The van der Waals surface area contributed by atoms with Gasteiger partial charge in [0.1, 0.15) is 11.5 Å². The molecule has 0 aromatic heterocycles. The Balaban J connectivity index is 1.80. The minimum absolute atomic E-state index is 0.251. The molecule has 0 spiro atoms. The molecular formula is C25H30O3. The van der Waals surface area contributed by atoms with Crippen molar-refractivity contribution in [2.24, 2.45) is 0 Å². The SMILES string of the molecule is C#CCCCC(=O)Oc1ccc(-c2ccc(OCCCCCCC)cc2)cc1. The number of hydrogen-bond acceptors (Lipinski definition) is 3. The highest BCUT2D eigenvalue weighted by Gasteiger charge is 2.05. The van der Waals surface area contributed by atoms with Crippen LogP contribution in [0.25, 0.3) is 11.1 Å². The zero-order valence-electron chi connectivity index (χ0n) is 16.8. The maximum Gasteiger partial charge on any atom is 0.311 e. The minimum atomic E-state index is -0.251. The average Bonchev–Trinajstić information content (AvgIpc) is 2.72. The first kappa shape index (κ1) is 21.6. The fourth-order valence-electron chi connectivity index (χ4n) is 2.87. The van der Waals surface area contributed by atoms with Gasteiger partial charge in [-0.3, -0.25) is 4.79 Å². The fourth-order valence-corrected chi connectivity index (χ4v) is 2.87. The lowest BCUT2D eigenvalue weighted by Gasteiger charge is -2.08. The van der Waals surface area contributed by atoms with Gasteiger partial charge in [0.05, 0.1) is 6.61 Å². The smallest absolute Gasteiger partial charge is 0.311 e.